The molecule has 0 atom stereocenters. The van der Waals surface area contributed by atoms with Crippen LogP contribution in [0.1, 0.15) is 10.4 Å². The molecule has 2 aromatic heterocycles. The monoisotopic (exact) mass is 388 g/mol. The van der Waals surface area contributed by atoms with Crippen LogP contribution in [-0.2, 0) is 0 Å². The molecule has 4 rings (SSSR count). The summed E-state index contributed by atoms with van der Waals surface area (Å²) in [5, 5.41) is 10.4. The van der Waals surface area contributed by atoms with E-state index in [4.69, 9.17) is 4.74 Å². The summed E-state index contributed by atoms with van der Waals surface area (Å²) in [5.74, 6) is 1.75. The van der Waals surface area contributed by atoms with Crippen LogP contribution in [0.2, 0.25) is 0 Å². The molecule has 0 aliphatic heterocycles. The lowest BCUT2D eigenvalue weighted by Crippen LogP contribution is -2.29. The molecular formula is C21H20N6O2. The normalized spacial score (nSPS) is 10.7. The Morgan fingerprint density at radius 3 is 2.76 bits per heavy atom. The molecule has 1 amide bonds. The second-order valence-corrected chi connectivity index (χ2v) is 6.28. The van der Waals surface area contributed by atoms with Crippen LogP contribution in [0.25, 0.3) is 17.0 Å². The van der Waals surface area contributed by atoms with Crippen molar-refractivity contribution < 1.29 is 9.53 Å². The van der Waals surface area contributed by atoms with Crippen molar-refractivity contribution in [3.05, 3.63) is 72.6 Å². The highest BCUT2D eigenvalue weighted by Gasteiger charge is 2.10. The van der Waals surface area contributed by atoms with Crippen molar-refractivity contribution in [1.82, 2.24) is 24.9 Å². The molecule has 0 bridgehead atoms. The molecule has 0 saturated heterocycles. The van der Waals surface area contributed by atoms with Crippen molar-refractivity contribution in [2.75, 3.05) is 25.5 Å². The van der Waals surface area contributed by atoms with E-state index >= 15 is 0 Å². The maximum atomic E-state index is 12.3. The molecule has 8 nitrogen and oxygen atoms in total. The number of nitrogens with one attached hydrogen (secondary N) is 2. The van der Waals surface area contributed by atoms with Crippen LogP contribution in [-0.4, -0.2) is 45.7 Å². The number of carbonyl (C=O) groups excluding carboxylic acids is 1. The van der Waals surface area contributed by atoms with E-state index in [1.165, 1.54) is 6.33 Å². The Bertz CT molecular complexity index is 1130. The van der Waals surface area contributed by atoms with E-state index in [2.05, 4.69) is 25.7 Å². The number of benzene rings is 2. The molecule has 8 heteroatoms. The van der Waals surface area contributed by atoms with Crippen LogP contribution in [0.3, 0.4) is 0 Å². The fourth-order valence-electron chi connectivity index (χ4n) is 2.93. The van der Waals surface area contributed by atoms with Crippen molar-refractivity contribution in [2.45, 2.75) is 0 Å². The van der Waals surface area contributed by atoms with Gasteiger partial charge in [0, 0.05) is 30.3 Å². The lowest BCUT2D eigenvalue weighted by atomic mass is 10.1. The maximum absolute atomic E-state index is 12.3. The lowest BCUT2D eigenvalue weighted by molar-refractivity contribution is 0.0955. The van der Waals surface area contributed by atoms with Crippen molar-refractivity contribution in [1.29, 1.82) is 0 Å². The smallest absolute Gasteiger partial charge is 0.254 e. The van der Waals surface area contributed by atoms with Crippen molar-refractivity contribution >= 4 is 17.5 Å². The maximum Gasteiger partial charge on any atom is 0.254 e. The van der Waals surface area contributed by atoms with E-state index < -0.39 is 0 Å². The molecule has 0 fully saturated rings. The molecule has 2 heterocycles. The first-order chi connectivity index (χ1) is 14.2. The molecule has 0 aliphatic carbocycles. The zero-order chi connectivity index (χ0) is 20.1. The van der Waals surface area contributed by atoms with Gasteiger partial charge in [-0.3, -0.25) is 4.79 Å². The Labute approximate surface area is 167 Å². The van der Waals surface area contributed by atoms with Crippen molar-refractivity contribution in [3.63, 3.8) is 0 Å². The van der Waals surface area contributed by atoms with E-state index in [1.807, 2.05) is 36.4 Å². The zero-order valence-corrected chi connectivity index (χ0v) is 15.9. The molecule has 0 saturated carbocycles. The molecule has 0 radical (unpaired) electrons. The minimum absolute atomic E-state index is 0.156. The van der Waals surface area contributed by atoms with Gasteiger partial charge in [-0.05, 0) is 18.2 Å². The van der Waals surface area contributed by atoms with Gasteiger partial charge >= 0.3 is 0 Å². The largest absolute Gasteiger partial charge is 0.497 e. The Morgan fingerprint density at radius 2 is 1.93 bits per heavy atom. The van der Waals surface area contributed by atoms with Gasteiger partial charge in [-0.1, -0.05) is 36.4 Å². The highest BCUT2D eigenvalue weighted by Crippen LogP contribution is 2.21. The van der Waals surface area contributed by atoms with Gasteiger partial charge < -0.3 is 15.4 Å². The van der Waals surface area contributed by atoms with E-state index in [-0.39, 0.29) is 5.91 Å². The van der Waals surface area contributed by atoms with Crippen LogP contribution in [0.5, 0.6) is 5.75 Å². The number of fused-ring (bicyclic) bond motifs is 1. The topological polar surface area (TPSA) is 93.4 Å². The summed E-state index contributed by atoms with van der Waals surface area (Å²) in [5.41, 5.74) is 2.35. The highest BCUT2D eigenvalue weighted by atomic mass is 16.5. The number of aromatic nitrogens is 4. The van der Waals surface area contributed by atoms with Crippen LogP contribution in [0.15, 0.2) is 67.0 Å². The first-order valence-electron chi connectivity index (χ1n) is 9.17. The fourth-order valence-corrected chi connectivity index (χ4v) is 2.93. The average Bonchev–Trinajstić information content (AvgIpc) is 3.26. The van der Waals surface area contributed by atoms with E-state index in [1.54, 1.807) is 35.9 Å². The number of ether oxygens (including phenoxy) is 1. The minimum Gasteiger partial charge on any atom is -0.497 e. The predicted octanol–water partition coefficient (Wildman–Crippen LogP) is 2.64. The second-order valence-electron chi connectivity index (χ2n) is 6.28. The van der Waals surface area contributed by atoms with Crippen molar-refractivity contribution in [2.24, 2.45) is 0 Å². The van der Waals surface area contributed by atoms with Crippen LogP contribution < -0.4 is 15.4 Å². The van der Waals surface area contributed by atoms with Gasteiger partial charge in [0.1, 0.15) is 17.9 Å². The minimum atomic E-state index is -0.156. The lowest BCUT2D eigenvalue weighted by Gasteiger charge is -2.11. The number of amides is 1. The number of rotatable bonds is 7. The SMILES string of the molecule is COc1cccc(C(=O)NCCNc2cc(-c3ccccc3)nc3ncnn23)c1. The third-order valence-electron chi connectivity index (χ3n) is 4.37. The molecule has 146 valence electrons. The highest BCUT2D eigenvalue weighted by molar-refractivity contribution is 5.94. The number of nitrogens with zero attached hydrogens (tertiary/aromatic N) is 4. The van der Waals surface area contributed by atoms with Crippen LogP contribution >= 0.6 is 0 Å². The third-order valence-corrected chi connectivity index (χ3v) is 4.37. The van der Waals surface area contributed by atoms with Gasteiger partial charge in [-0.15, -0.1) is 0 Å². The Kier molecular flexibility index (Phi) is 5.33. The zero-order valence-electron chi connectivity index (χ0n) is 15.9. The second kappa shape index (κ2) is 8.39. The Hall–Kier alpha value is -3.94. The summed E-state index contributed by atoms with van der Waals surface area (Å²) < 4.78 is 6.79. The van der Waals surface area contributed by atoms with E-state index in [9.17, 15) is 4.79 Å². The van der Waals surface area contributed by atoms with Gasteiger partial charge in [0.15, 0.2) is 0 Å². The number of hydrogen-bond acceptors (Lipinski definition) is 6. The van der Waals surface area contributed by atoms with Gasteiger partial charge in [-0.2, -0.15) is 14.6 Å². The summed E-state index contributed by atoms with van der Waals surface area (Å²) in [6.07, 6.45) is 1.47. The molecule has 29 heavy (non-hydrogen) atoms. The molecular weight excluding hydrogens is 368 g/mol. The van der Waals surface area contributed by atoms with E-state index in [0.717, 1.165) is 17.1 Å². The average molecular weight is 388 g/mol. The molecule has 0 spiro atoms. The number of hydrogen-bond donors (Lipinski definition) is 2. The summed E-state index contributed by atoms with van der Waals surface area (Å²) in [7, 11) is 1.57. The van der Waals surface area contributed by atoms with Crippen LogP contribution in [0, 0.1) is 0 Å². The van der Waals surface area contributed by atoms with Gasteiger partial charge in [0.2, 0.25) is 0 Å². The molecule has 2 aromatic carbocycles. The Morgan fingerprint density at radius 1 is 1.07 bits per heavy atom. The van der Waals surface area contributed by atoms with Gasteiger partial charge in [0.25, 0.3) is 11.7 Å². The fraction of sp³-hybridized carbons (Fsp3) is 0.143. The molecule has 2 N–H and O–H groups in total. The summed E-state index contributed by atoms with van der Waals surface area (Å²) in [6.45, 7) is 0.956. The van der Waals surface area contributed by atoms with Crippen LogP contribution in [0.4, 0.5) is 5.82 Å². The number of methoxy groups -OCH3 is 1. The van der Waals surface area contributed by atoms with Gasteiger partial charge in [0.05, 0.1) is 12.8 Å². The molecule has 0 unspecified atom stereocenters. The summed E-state index contributed by atoms with van der Waals surface area (Å²) in [6, 6.07) is 18.8. The van der Waals surface area contributed by atoms with Crippen molar-refractivity contribution in [3.8, 4) is 17.0 Å². The van der Waals surface area contributed by atoms with Gasteiger partial charge in [-0.25, -0.2) is 4.98 Å². The number of carbonyl (C=O) groups is 1. The quantitative estimate of drug-likeness (QED) is 0.473. The summed E-state index contributed by atoms with van der Waals surface area (Å²) >= 11 is 0. The molecule has 4 aromatic rings. The molecule has 0 aliphatic rings. The predicted molar refractivity (Wildman–Crippen MR) is 110 cm³/mol. The van der Waals surface area contributed by atoms with E-state index in [0.29, 0.717) is 30.2 Å². The number of anilines is 1. The summed E-state index contributed by atoms with van der Waals surface area (Å²) in [4.78, 5) is 21.0. The first kappa shape index (κ1) is 18.4. The standard InChI is InChI=1S/C21H20N6O2/c1-29-17-9-5-8-16(12-17)20(28)23-11-10-22-19-13-18(15-6-3-2-4-7-15)26-21-24-14-25-27(19)21/h2-9,12-14,22H,10-11H2,1H3,(H,23,28). The Balaban J connectivity index is 1.43. The third kappa shape index (κ3) is 4.16. The first-order valence-corrected chi connectivity index (χ1v) is 9.17.